The van der Waals surface area contributed by atoms with Crippen LogP contribution in [0.15, 0.2) is 60.7 Å². The van der Waals surface area contributed by atoms with Crippen molar-refractivity contribution in [1.82, 2.24) is 0 Å². The summed E-state index contributed by atoms with van der Waals surface area (Å²) in [6.07, 6.45) is 0. The van der Waals surface area contributed by atoms with Gasteiger partial charge in [0, 0.05) is 10.6 Å². The van der Waals surface area contributed by atoms with E-state index in [9.17, 15) is 9.46 Å². The zero-order valence-corrected chi connectivity index (χ0v) is 11.9. The van der Waals surface area contributed by atoms with Crippen LogP contribution in [0.25, 0.3) is 0 Å². The van der Waals surface area contributed by atoms with Crippen LogP contribution in [0.3, 0.4) is 0 Å². The molecule has 0 radical (unpaired) electrons. The monoisotopic (exact) mass is 260 g/mol. The Bertz CT molecular complexity index is 450. The summed E-state index contributed by atoms with van der Waals surface area (Å²) in [4.78, 5) is 10.0. The van der Waals surface area contributed by atoms with Crippen molar-refractivity contribution in [2.24, 2.45) is 0 Å². The summed E-state index contributed by atoms with van der Waals surface area (Å²) in [7, 11) is -3.40. The Morgan fingerprint density at radius 1 is 0.812 bits per heavy atom. The van der Waals surface area contributed by atoms with Crippen molar-refractivity contribution in [3.63, 3.8) is 0 Å². The smallest absolute Gasteiger partial charge is 1.00 e. The summed E-state index contributed by atoms with van der Waals surface area (Å²) in [6, 6.07) is 17.4. The average molecular weight is 260 g/mol. The van der Waals surface area contributed by atoms with E-state index in [1.165, 1.54) is 0 Å². The standard InChI is InChI=1S/C12H11O2P.Ca.2H/c13-15(14,11-7-3-1-4-8-11)12-9-5-2-6-10-12;;;/h1-10H,(H,13,14);;;/q;+2;2*-1. The topological polar surface area (TPSA) is 37.3 Å². The fourth-order valence-electron chi connectivity index (χ4n) is 1.41. The van der Waals surface area contributed by atoms with E-state index in [1.807, 2.05) is 12.1 Å². The second kappa shape index (κ2) is 6.00. The largest absolute Gasteiger partial charge is 2.00 e. The van der Waals surface area contributed by atoms with Gasteiger partial charge in [-0.2, -0.15) is 0 Å². The van der Waals surface area contributed by atoms with Gasteiger partial charge >= 0.3 is 37.7 Å². The Morgan fingerprint density at radius 3 is 1.44 bits per heavy atom. The molecule has 2 rings (SSSR count). The second-order valence-corrected chi connectivity index (χ2v) is 5.43. The molecule has 0 saturated carbocycles. The van der Waals surface area contributed by atoms with Gasteiger partial charge in [-0.15, -0.1) is 0 Å². The Labute approximate surface area is 128 Å². The van der Waals surface area contributed by atoms with Crippen LogP contribution in [0.2, 0.25) is 0 Å². The van der Waals surface area contributed by atoms with Crippen LogP contribution in [0.5, 0.6) is 0 Å². The molecule has 80 valence electrons. The molecule has 0 aliphatic carbocycles. The minimum absolute atomic E-state index is 0. The van der Waals surface area contributed by atoms with Crippen LogP contribution in [0, 0.1) is 0 Å². The van der Waals surface area contributed by atoms with Gasteiger partial charge in [-0.05, 0) is 24.3 Å². The van der Waals surface area contributed by atoms with Crippen molar-refractivity contribution in [2.45, 2.75) is 0 Å². The van der Waals surface area contributed by atoms with E-state index in [-0.39, 0.29) is 40.6 Å². The van der Waals surface area contributed by atoms with Crippen molar-refractivity contribution in [3.8, 4) is 0 Å². The molecule has 2 nitrogen and oxygen atoms in total. The van der Waals surface area contributed by atoms with E-state index in [2.05, 4.69) is 0 Å². The van der Waals surface area contributed by atoms with E-state index in [1.54, 1.807) is 48.5 Å². The van der Waals surface area contributed by atoms with E-state index in [4.69, 9.17) is 0 Å². The maximum atomic E-state index is 12.2. The van der Waals surface area contributed by atoms with Gasteiger partial charge in [-0.25, -0.2) is 0 Å². The molecule has 0 amide bonds. The van der Waals surface area contributed by atoms with Crippen LogP contribution in [0.1, 0.15) is 2.85 Å². The molecule has 0 saturated heterocycles. The van der Waals surface area contributed by atoms with E-state index >= 15 is 0 Å². The van der Waals surface area contributed by atoms with Crippen LogP contribution in [-0.2, 0) is 4.57 Å². The normalized spacial score (nSPS) is 10.6. The average Bonchev–Trinajstić information content (AvgIpc) is 2.31. The zero-order chi connectivity index (χ0) is 10.7. The number of rotatable bonds is 2. The summed E-state index contributed by atoms with van der Waals surface area (Å²) in [5, 5.41) is 0.937. The molecule has 0 spiro atoms. The summed E-state index contributed by atoms with van der Waals surface area (Å²) in [5.74, 6) is 0. The molecular weight excluding hydrogens is 247 g/mol. The van der Waals surface area contributed by atoms with Crippen molar-refractivity contribution in [1.29, 1.82) is 0 Å². The van der Waals surface area contributed by atoms with Crippen LogP contribution >= 0.6 is 7.37 Å². The minimum atomic E-state index is -3.40. The third kappa shape index (κ3) is 2.97. The molecule has 0 aromatic heterocycles. The molecule has 0 aliphatic rings. The predicted molar refractivity (Wildman–Crippen MR) is 70.0 cm³/mol. The molecule has 0 atom stereocenters. The molecule has 16 heavy (non-hydrogen) atoms. The Balaban J connectivity index is 0. The van der Waals surface area contributed by atoms with Crippen molar-refractivity contribution in [2.75, 3.05) is 0 Å². The minimum Gasteiger partial charge on any atom is -1.00 e. The van der Waals surface area contributed by atoms with Gasteiger partial charge in [0.15, 0.2) is 0 Å². The first-order chi connectivity index (χ1) is 7.21. The molecule has 0 unspecified atom stereocenters. The van der Waals surface area contributed by atoms with Crippen molar-refractivity contribution in [3.05, 3.63) is 60.7 Å². The number of hydrogen-bond donors (Lipinski definition) is 1. The molecule has 2 aromatic carbocycles. The summed E-state index contributed by atoms with van der Waals surface area (Å²) < 4.78 is 12.2. The third-order valence-electron chi connectivity index (χ3n) is 2.21. The quantitative estimate of drug-likeness (QED) is 0.660. The van der Waals surface area contributed by atoms with Crippen LogP contribution in [-0.4, -0.2) is 42.6 Å². The molecule has 0 heterocycles. The Morgan fingerprint density at radius 2 is 1.12 bits per heavy atom. The first kappa shape index (κ1) is 14.0. The summed E-state index contributed by atoms with van der Waals surface area (Å²) >= 11 is 0. The van der Waals surface area contributed by atoms with Gasteiger partial charge in [0.1, 0.15) is 0 Å². The van der Waals surface area contributed by atoms with E-state index < -0.39 is 7.37 Å². The molecule has 0 bridgehead atoms. The van der Waals surface area contributed by atoms with E-state index in [0.29, 0.717) is 10.6 Å². The number of benzene rings is 2. The molecule has 2 aromatic rings. The van der Waals surface area contributed by atoms with Crippen molar-refractivity contribution >= 4 is 55.7 Å². The molecule has 0 fully saturated rings. The van der Waals surface area contributed by atoms with Gasteiger partial charge in [0.25, 0.3) is 7.37 Å². The number of hydrogen-bond acceptors (Lipinski definition) is 1. The molecular formula is C12H13CaO2P. The van der Waals surface area contributed by atoms with Crippen LogP contribution < -0.4 is 10.6 Å². The van der Waals surface area contributed by atoms with Gasteiger partial charge in [-0.3, -0.25) is 4.57 Å². The molecule has 1 N–H and O–H groups in total. The first-order valence-corrected chi connectivity index (χ1v) is 6.31. The van der Waals surface area contributed by atoms with Gasteiger partial charge in [0.05, 0.1) is 0 Å². The predicted octanol–water partition coefficient (Wildman–Crippen LogP) is 1.75. The van der Waals surface area contributed by atoms with Gasteiger partial charge < -0.3 is 7.75 Å². The molecule has 4 heteroatoms. The van der Waals surface area contributed by atoms with Gasteiger partial charge in [-0.1, -0.05) is 36.4 Å². The summed E-state index contributed by atoms with van der Waals surface area (Å²) in [5.41, 5.74) is 0. The van der Waals surface area contributed by atoms with E-state index in [0.717, 1.165) is 0 Å². The maximum Gasteiger partial charge on any atom is 2.00 e. The fourth-order valence-corrected chi connectivity index (χ4v) is 2.86. The second-order valence-electron chi connectivity index (χ2n) is 3.25. The fraction of sp³-hybridized carbons (Fsp3) is 0. The third-order valence-corrected chi connectivity index (χ3v) is 4.21. The van der Waals surface area contributed by atoms with Crippen molar-refractivity contribution < 1.29 is 12.3 Å². The summed E-state index contributed by atoms with van der Waals surface area (Å²) in [6.45, 7) is 0. The maximum absolute atomic E-state index is 12.2. The SMILES string of the molecule is O=P(O)(c1ccccc1)c1ccccc1.[Ca+2].[H-].[H-]. The first-order valence-electron chi connectivity index (χ1n) is 4.65. The van der Waals surface area contributed by atoms with Gasteiger partial charge in [0.2, 0.25) is 0 Å². The Kier molecular flexibility index (Phi) is 5.23. The van der Waals surface area contributed by atoms with Crippen LogP contribution in [0.4, 0.5) is 0 Å². The molecule has 0 aliphatic heterocycles. The Hall–Kier alpha value is -0.110. The zero-order valence-electron chi connectivity index (χ0n) is 10.8.